The molecule has 1 aliphatic heterocycles. The fourth-order valence-corrected chi connectivity index (χ4v) is 13.8. The molecule has 15 aromatic rings. The summed E-state index contributed by atoms with van der Waals surface area (Å²) in [5, 5.41) is 4.53. The predicted molar refractivity (Wildman–Crippen MR) is 374 cm³/mol. The molecule has 2 aromatic heterocycles. The van der Waals surface area contributed by atoms with Gasteiger partial charge in [-0.05, 0) is 231 Å². The van der Waals surface area contributed by atoms with E-state index < -0.39 is 41.6 Å². The van der Waals surface area contributed by atoms with Crippen molar-refractivity contribution >= 4 is 56.2 Å². The first-order chi connectivity index (χ1) is 45.2. The maximum absolute atomic E-state index is 15.5. The second-order valence-electron chi connectivity index (χ2n) is 25.1. The number of hydrogen-bond acceptors (Lipinski definition) is 2. The molecule has 0 N–H and O–H groups in total. The molecule has 0 unspecified atom stereocenters. The summed E-state index contributed by atoms with van der Waals surface area (Å²) in [6, 6.07) is 92.0. The third kappa shape index (κ3) is 9.94. The van der Waals surface area contributed by atoms with Crippen LogP contribution in [-0.4, -0.2) is 27.5 Å². The Labute approximate surface area is 537 Å². The van der Waals surface area contributed by atoms with E-state index in [0.717, 1.165) is 94.2 Å². The number of hydrogen-bond donors (Lipinski definition) is 0. The van der Waals surface area contributed by atoms with Crippen LogP contribution >= 0.6 is 0 Å². The molecular weight excluding hydrogens is 1160 g/mol. The van der Waals surface area contributed by atoms with E-state index in [1.165, 1.54) is 59.3 Å². The van der Waals surface area contributed by atoms with Gasteiger partial charge in [-0.2, -0.15) is 0 Å². The number of benzene rings is 13. The predicted octanol–water partition coefficient (Wildman–Crippen LogP) is 22.1. The number of halogens is 4. The van der Waals surface area contributed by atoms with Crippen LogP contribution in [0.5, 0.6) is 0 Å². The van der Waals surface area contributed by atoms with Crippen LogP contribution in [0.2, 0.25) is 0 Å². The molecule has 9 heteroatoms. The summed E-state index contributed by atoms with van der Waals surface area (Å²) in [7, 11) is -0.655. The number of nitrogens with zero attached hydrogens (tertiary/aromatic N) is 2. The zero-order chi connectivity index (χ0) is 63.3. The lowest BCUT2D eigenvalue weighted by Crippen LogP contribution is -2.41. The molecule has 0 saturated carbocycles. The molecule has 16 rings (SSSR count). The van der Waals surface area contributed by atoms with E-state index in [1.54, 1.807) is 48.5 Å². The molecule has 0 amide bonds. The molecule has 4 nitrogen and oxygen atoms in total. The van der Waals surface area contributed by atoms with Gasteiger partial charge in [0.25, 0.3) is 0 Å². The van der Waals surface area contributed by atoms with Crippen LogP contribution in [0.4, 0.5) is 17.6 Å². The summed E-state index contributed by atoms with van der Waals surface area (Å²) < 4.78 is 79.4. The summed E-state index contributed by atoms with van der Waals surface area (Å²) in [6.07, 6.45) is 0. The molecule has 0 aliphatic carbocycles. The van der Waals surface area contributed by atoms with E-state index in [9.17, 15) is 0 Å². The molecular formula is C84H59BF4N2O2. The Morgan fingerprint density at radius 1 is 0.258 bits per heavy atom. The van der Waals surface area contributed by atoms with E-state index in [2.05, 4.69) is 173 Å². The minimum Gasteiger partial charge on any atom is -0.399 e. The van der Waals surface area contributed by atoms with Crippen molar-refractivity contribution in [2.75, 3.05) is 0 Å². The zero-order valence-electron chi connectivity index (χ0n) is 51.4. The van der Waals surface area contributed by atoms with Gasteiger partial charge in [-0.3, -0.25) is 0 Å². The SMILES string of the molecule is CC1(C)OB(c2ccc(-c3c(-c4ccc(F)cc4)c(-c4ccc(F)cc4)c(-c4ccc(F)cc4)c(-c4ccc(F)cc4)c3-c3ccc(-n4c5ccc(-c6ccc7c(c6)c6ccccc6n7-c6ccccc6)cc5c5ccc(-c6ccccc6)cc54)cc3)cc2)OC1(C)C. The van der Waals surface area contributed by atoms with Crippen LogP contribution < -0.4 is 5.46 Å². The van der Waals surface area contributed by atoms with E-state index in [0.29, 0.717) is 44.5 Å². The Morgan fingerprint density at radius 2 is 0.570 bits per heavy atom. The third-order valence-electron chi connectivity index (χ3n) is 19.1. The molecule has 1 fully saturated rings. The van der Waals surface area contributed by atoms with Crippen molar-refractivity contribution < 1.29 is 26.9 Å². The van der Waals surface area contributed by atoms with E-state index in [-0.39, 0.29) is 0 Å². The standard InChI is InChI=1S/C84H59BF4N2O2/c1-83(2)84(3,4)93-85(92-83)62-34-19-53(20-35-62)77-78(54-21-36-63(86)37-22-54)79(55-23-38-64(87)39-24-55)80(56-25-40-65(88)41-26-56)81(57-27-42-66(89)43-28-57)82(77)58-29-44-68(45-30-58)91-75-48-33-60(50-72(75)70-46-31-61(51-76(70)91)52-13-7-5-8-14-52)59-32-47-74-71(49-59)69-17-11-12-18-73(69)90(74)67-15-9-6-10-16-67/h5-51H,1-4H3. The Bertz CT molecular complexity index is 5360. The van der Waals surface area contributed by atoms with E-state index in [4.69, 9.17) is 9.31 Å². The van der Waals surface area contributed by atoms with Crippen molar-refractivity contribution in [3.05, 3.63) is 308 Å². The van der Waals surface area contributed by atoms with Gasteiger partial charge in [0.1, 0.15) is 23.3 Å². The average Bonchev–Trinajstić information content (AvgIpc) is 1.43. The van der Waals surface area contributed by atoms with Gasteiger partial charge in [0.2, 0.25) is 0 Å². The van der Waals surface area contributed by atoms with Gasteiger partial charge in [0.05, 0.1) is 33.3 Å². The smallest absolute Gasteiger partial charge is 0.399 e. The normalized spacial score (nSPS) is 13.7. The van der Waals surface area contributed by atoms with Gasteiger partial charge >= 0.3 is 7.12 Å². The topological polar surface area (TPSA) is 28.3 Å². The first-order valence-corrected chi connectivity index (χ1v) is 31.3. The summed E-state index contributed by atoms with van der Waals surface area (Å²) in [4.78, 5) is 0. The highest BCUT2D eigenvalue weighted by Crippen LogP contribution is 2.56. The van der Waals surface area contributed by atoms with Gasteiger partial charge in [-0.1, -0.05) is 176 Å². The lowest BCUT2D eigenvalue weighted by atomic mass is 9.73. The monoisotopic (exact) mass is 1210 g/mol. The van der Waals surface area contributed by atoms with Crippen molar-refractivity contribution in [3.8, 4) is 100 Å². The molecule has 1 aliphatic rings. The van der Waals surface area contributed by atoms with Crippen LogP contribution in [-0.2, 0) is 9.31 Å². The Morgan fingerprint density at radius 3 is 1.01 bits per heavy atom. The van der Waals surface area contributed by atoms with Crippen LogP contribution in [0.25, 0.3) is 144 Å². The number of rotatable bonds is 11. The summed E-state index contributed by atoms with van der Waals surface area (Å²) in [5.41, 5.74) is 18.9. The van der Waals surface area contributed by atoms with Crippen molar-refractivity contribution in [2.45, 2.75) is 38.9 Å². The van der Waals surface area contributed by atoms with Gasteiger partial charge in [-0.25, -0.2) is 17.6 Å². The second kappa shape index (κ2) is 22.5. The molecule has 0 spiro atoms. The zero-order valence-corrected chi connectivity index (χ0v) is 51.4. The second-order valence-corrected chi connectivity index (χ2v) is 25.1. The highest BCUT2D eigenvalue weighted by molar-refractivity contribution is 6.62. The molecule has 1 saturated heterocycles. The Balaban J connectivity index is 0.948. The molecule has 13 aromatic carbocycles. The molecule has 0 radical (unpaired) electrons. The lowest BCUT2D eigenvalue weighted by Gasteiger charge is -2.32. The number of para-hydroxylation sites is 2. The maximum Gasteiger partial charge on any atom is 0.494 e. The minimum absolute atomic E-state index is 0.421. The molecule has 93 heavy (non-hydrogen) atoms. The number of aromatic nitrogens is 2. The van der Waals surface area contributed by atoms with Gasteiger partial charge in [0.15, 0.2) is 0 Å². The number of fused-ring (bicyclic) bond motifs is 6. The summed E-state index contributed by atoms with van der Waals surface area (Å²) >= 11 is 0. The van der Waals surface area contributed by atoms with Gasteiger partial charge in [0, 0.05) is 32.9 Å². The first-order valence-electron chi connectivity index (χ1n) is 31.3. The maximum atomic E-state index is 15.5. The van der Waals surface area contributed by atoms with Gasteiger partial charge < -0.3 is 18.4 Å². The van der Waals surface area contributed by atoms with Crippen LogP contribution in [0, 0.1) is 23.3 Å². The fraction of sp³-hybridized carbons (Fsp3) is 0.0714. The van der Waals surface area contributed by atoms with Gasteiger partial charge in [-0.15, -0.1) is 0 Å². The highest BCUT2D eigenvalue weighted by Gasteiger charge is 2.51. The van der Waals surface area contributed by atoms with Crippen LogP contribution in [0.15, 0.2) is 285 Å². The summed E-state index contributed by atoms with van der Waals surface area (Å²) in [5.74, 6) is -1.70. The van der Waals surface area contributed by atoms with Crippen molar-refractivity contribution in [3.63, 3.8) is 0 Å². The van der Waals surface area contributed by atoms with Crippen molar-refractivity contribution in [1.82, 2.24) is 9.13 Å². The third-order valence-corrected chi connectivity index (χ3v) is 19.1. The van der Waals surface area contributed by atoms with Crippen molar-refractivity contribution in [1.29, 1.82) is 0 Å². The summed E-state index contributed by atoms with van der Waals surface area (Å²) in [6.45, 7) is 8.11. The highest BCUT2D eigenvalue weighted by atomic mass is 19.1. The Hall–Kier alpha value is -10.8. The van der Waals surface area contributed by atoms with Crippen molar-refractivity contribution in [2.24, 2.45) is 0 Å². The Kier molecular flexibility index (Phi) is 13.9. The minimum atomic E-state index is -0.655. The largest absolute Gasteiger partial charge is 0.494 e. The quantitative estimate of drug-likeness (QED) is 0.0954. The lowest BCUT2D eigenvalue weighted by molar-refractivity contribution is 0.00578. The fourth-order valence-electron chi connectivity index (χ4n) is 13.8. The molecule has 0 atom stereocenters. The first kappa shape index (κ1) is 57.3. The van der Waals surface area contributed by atoms with Crippen LogP contribution in [0.1, 0.15) is 27.7 Å². The molecule has 448 valence electrons. The average molecular weight is 1220 g/mol. The molecule has 0 bridgehead atoms. The van der Waals surface area contributed by atoms with Crippen LogP contribution in [0.3, 0.4) is 0 Å². The van der Waals surface area contributed by atoms with E-state index >= 15 is 17.6 Å². The van der Waals surface area contributed by atoms with E-state index in [1.807, 2.05) is 52.0 Å². The molecule has 3 heterocycles.